The predicted octanol–water partition coefficient (Wildman–Crippen LogP) is 2.26. The third kappa shape index (κ3) is 1.90. The molecule has 0 aliphatic heterocycles. The molecule has 0 bridgehead atoms. The average molecular weight is 284 g/mol. The van der Waals surface area contributed by atoms with Crippen molar-refractivity contribution < 1.29 is 5.11 Å². The fourth-order valence-electron chi connectivity index (χ4n) is 1.78. The van der Waals surface area contributed by atoms with Crippen LogP contribution in [0.4, 0.5) is 0 Å². The van der Waals surface area contributed by atoms with Crippen LogP contribution in [0.15, 0.2) is 29.1 Å². The van der Waals surface area contributed by atoms with Gasteiger partial charge in [-0.15, -0.1) is 0 Å². The Morgan fingerprint density at radius 3 is 3.00 bits per heavy atom. The van der Waals surface area contributed by atoms with Gasteiger partial charge in [-0.05, 0) is 24.1 Å². The summed E-state index contributed by atoms with van der Waals surface area (Å²) >= 11 is 3.31. The summed E-state index contributed by atoms with van der Waals surface area (Å²) in [6.07, 6.45) is -0.344. The van der Waals surface area contributed by atoms with Crippen molar-refractivity contribution in [2.24, 2.45) is 0 Å². The molecule has 4 heteroatoms. The minimum absolute atomic E-state index is 0.125. The molecule has 0 amide bonds. The smallest absolute Gasteiger partial charge is 0.248 e. The van der Waals surface area contributed by atoms with Crippen molar-refractivity contribution in [3.05, 3.63) is 45.7 Å². The lowest BCUT2D eigenvalue weighted by molar-refractivity contribution is 0.207. The molecule has 2 N–H and O–H groups in total. The second-order valence-corrected chi connectivity index (χ2v) is 4.37. The Labute approximate surface area is 103 Å². The fourth-order valence-corrected chi connectivity index (χ4v) is 2.13. The maximum atomic E-state index is 11.3. The molecule has 1 atom stereocenters. The summed E-state index contributed by atoms with van der Waals surface area (Å²) in [5, 5.41) is 6.13. The van der Waals surface area contributed by atoms with Crippen LogP contribution in [-0.4, -0.2) is 16.9 Å². The summed E-state index contributed by atoms with van der Waals surface area (Å²) in [5.41, 5.74) is 2.58. The largest absolute Gasteiger partial charge is 0.388 e. The molecular formula is C12H12BrNO2. The van der Waals surface area contributed by atoms with Gasteiger partial charge < -0.3 is 10.1 Å². The first-order valence-corrected chi connectivity index (χ1v) is 6.10. The average Bonchev–Trinajstić information content (AvgIpc) is 2.34. The number of nitrogens with one attached hydrogen (secondary N) is 1. The number of aliphatic hydroxyl groups excluding tert-OH is 1. The van der Waals surface area contributed by atoms with Crippen LogP contribution in [-0.2, 0) is 0 Å². The SMILES string of the molecule is [3H]O[C@@H](CBr)c1ccc(C)c2[nH]c(=O)ccc12. The second-order valence-electron chi connectivity index (χ2n) is 3.73. The van der Waals surface area contributed by atoms with Crippen molar-refractivity contribution >= 4 is 26.8 Å². The van der Waals surface area contributed by atoms with E-state index in [1.165, 1.54) is 6.07 Å². The van der Waals surface area contributed by atoms with E-state index in [4.69, 9.17) is 1.43 Å². The van der Waals surface area contributed by atoms with E-state index in [9.17, 15) is 4.79 Å². The zero-order chi connectivity index (χ0) is 12.4. The van der Waals surface area contributed by atoms with Crippen molar-refractivity contribution in [2.45, 2.75) is 13.0 Å². The lowest BCUT2D eigenvalue weighted by atomic mass is 10.0. The maximum Gasteiger partial charge on any atom is 0.248 e. The summed E-state index contributed by atoms with van der Waals surface area (Å²) in [5.74, 6) is 0. The van der Waals surface area contributed by atoms with Crippen LogP contribution in [0.5, 0.6) is 0 Å². The minimum atomic E-state index is -0.344. The number of fused-ring (bicyclic) bond motifs is 1. The molecule has 0 radical (unpaired) electrons. The number of rotatable bonds is 3. The van der Waals surface area contributed by atoms with E-state index in [2.05, 4.69) is 26.0 Å². The van der Waals surface area contributed by atoms with E-state index in [0.717, 1.165) is 22.0 Å². The van der Waals surface area contributed by atoms with E-state index >= 15 is 0 Å². The number of alkyl halides is 1. The number of aliphatic hydroxyl groups is 1. The summed E-state index contributed by atoms with van der Waals surface area (Å²) < 4.78 is 7.07. The van der Waals surface area contributed by atoms with Gasteiger partial charge in [0.1, 0.15) is 0 Å². The number of pyridine rings is 1. The zero-order valence-electron chi connectivity index (χ0n) is 9.79. The molecule has 0 aliphatic rings. The highest BCUT2D eigenvalue weighted by Crippen LogP contribution is 2.25. The van der Waals surface area contributed by atoms with Crippen molar-refractivity contribution in [2.75, 3.05) is 5.33 Å². The summed E-state index contributed by atoms with van der Waals surface area (Å²) in [6, 6.07) is 7.10. The van der Waals surface area contributed by atoms with Crippen LogP contribution in [0, 0.1) is 6.92 Å². The number of aromatic nitrogens is 1. The van der Waals surface area contributed by atoms with Crippen LogP contribution >= 0.6 is 15.9 Å². The Hall–Kier alpha value is -1.13. The summed E-state index contributed by atoms with van der Waals surface area (Å²) in [4.78, 5) is 14.1. The fraction of sp³-hybridized carbons (Fsp3) is 0.250. The Morgan fingerprint density at radius 1 is 1.50 bits per heavy atom. The molecule has 0 spiro atoms. The quantitative estimate of drug-likeness (QED) is 0.849. The molecule has 0 fully saturated rings. The Balaban J connectivity index is 2.74. The van der Waals surface area contributed by atoms with E-state index < -0.39 is 0 Å². The summed E-state index contributed by atoms with van der Waals surface area (Å²) in [6.45, 7) is 1.94. The molecule has 0 saturated carbocycles. The maximum absolute atomic E-state index is 11.3. The highest BCUT2D eigenvalue weighted by molar-refractivity contribution is 9.09. The van der Waals surface area contributed by atoms with E-state index in [1.54, 1.807) is 6.07 Å². The first-order chi connectivity index (χ1) is 8.17. The molecule has 2 rings (SSSR count). The molecule has 0 saturated heterocycles. The molecule has 16 heavy (non-hydrogen) atoms. The number of hydrogen-bond acceptors (Lipinski definition) is 2. The van der Waals surface area contributed by atoms with Crippen molar-refractivity contribution in [1.29, 1.82) is 1.43 Å². The number of aryl methyl sites for hydroxylation is 1. The van der Waals surface area contributed by atoms with E-state index in [0.29, 0.717) is 5.33 Å². The topological polar surface area (TPSA) is 53.1 Å². The van der Waals surface area contributed by atoms with Crippen LogP contribution in [0.1, 0.15) is 17.2 Å². The number of H-pyrrole nitrogens is 1. The van der Waals surface area contributed by atoms with Gasteiger partial charge in [0.25, 0.3) is 0 Å². The zero-order valence-corrected chi connectivity index (χ0v) is 10.4. The van der Waals surface area contributed by atoms with Crippen LogP contribution in [0.2, 0.25) is 0 Å². The molecule has 1 heterocycles. The number of benzene rings is 1. The monoisotopic (exact) mass is 283 g/mol. The molecule has 1 aromatic heterocycles. The molecule has 3 nitrogen and oxygen atoms in total. The first-order valence-electron chi connectivity index (χ1n) is 5.38. The van der Waals surface area contributed by atoms with Crippen molar-refractivity contribution in [3.8, 4) is 0 Å². The van der Waals surface area contributed by atoms with Gasteiger partial charge in [-0.3, -0.25) is 4.79 Å². The number of aromatic amines is 1. The third-order valence-electron chi connectivity index (χ3n) is 2.62. The number of hydrogen-bond donors (Lipinski definition) is 2. The predicted molar refractivity (Wildman–Crippen MR) is 68.1 cm³/mol. The first kappa shape index (κ1) is 10.1. The highest BCUT2D eigenvalue weighted by atomic mass is 79.9. The van der Waals surface area contributed by atoms with Gasteiger partial charge >= 0.3 is 0 Å². The Morgan fingerprint density at radius 2 is 2.31 bits per heavy atom. The Bertz CT molecular complexity index is 593. The van der Waals surface area contributed by atoms with Gasteiger partial charge in [0.15, 0.2) is 0 Å². The third-order valence-corrected chi connectivity index (χ3v) is 3.21. The molecular weight excluding hydrogens is 270 g/mol. The second kappa shape index (κ2) is 4.39. The minimum Gasteiger partial charge on any atom is -0.388 e. The Kier molecular flexibility index (Phi) is 2.76. The van der Waals surface area contributed by atoms with E-state index in [-0.39, 0.29) is 11.7 Å². The molecule has 2 aromatic rings. The van der Waals surface area contributed by atoms with Crippen LogP contribution in [0.3, 0.4) is 0 Å². The lowest BCUT2D eigenvalue weighted by Crippen LogP contribution is -2.06. The van der Waals surface area contributed by atoms with Gasteiger partial charge in [-0.1, -0.05) is 28.1 Å². The number of halogens is 1. The molecule has 1 aromatic carbocycles. The summed E-state index contributed by atoms with van der Waals surface area (Å²) in [7, 11) is 0. The van der Waals surface area contributed by atoms with E-state index in [1.807, 2.05) is 19.1 Å². The van der Waals surface area contributed by atoms with Gasteiger partial charge in [0, 0.05) is 16.8 Å². The van der Waals surface area contributed by atoms with Gasteiger partial charge in [-0.25, -0.2) is 0 Å². The molecule has 0 aliphatic carbocycles. The standard InChI is InChI=1S/C12H12BrNO2/c1-7-2-3-8(10(15)6-13)9-4-5-11(16)14-12(7)9/h2-5,10,15H,6H2,1H3,(H,14,16)/t10-/m0/s1/i15T. The van der Waals surface area contributed by atoms with Crippen LogP contribution in [0.25, 0.3) is 10.9 Å². The molecule has 0 unspecified atom stereocenters. The van der Waals surface area contributed by atoms with Crippen molar-refractivity contribution in [1.82, 2.24) is 4.98 Å². The van der Waals surface area contributed by atoms with Gasteiger partial charge in [0.2, 0.25) is 6.99 Å². The highest BCUT2D eigenvalue weighted by Gasteiger charge is 2.11. The lowest BCUT2D eigenvalue weighted by Gasteiger charge is -2.12. The van der Waals surface area contributed by atoms with Gasteiger partial charge in [0.05, 0.1) is 11.6 Å². The normalized spacial score (nSPS) is 13.8. The molecule has 84 valence electrons. The van der Waals surface area contributed by atoms with Crippen LogP contribution < -0.4 is 5.56 Å². The van der Waals surface area contributed by atoms with Crippen molar-refractivity contribution in [3.63, 3.8) is 0 Å². The van der Waals surface area contributed by atoms with Gasteiger partial charge in [-0.2, -0.15) is 0 Å².